The number of hydrogen-bond donors (Lipinski definition) is 0. The first-order valence-corrected chi connectivity index (χ1v) is 10.7. The Kier molecular flexibility index (Phi) is 6.67. The van der Waals surface area contributed by atoms with Gasteiger partial charge >= 0.3 is 5.97 Å². The molecule has 1 aliphatic heterocycles. The topological polar surface area (TPSA) is 64.8 Å². The van der Waals surface area contributed by atoms with Crippen LogP contribution in [-0.4, -0.2) is 35.5 Å². The molecular formula is C25H28N2O4. The van der Waals surface area contributed by atoms with Gasteiger partial charge in [-0.05, 0) is 56.1 Å². The molecule has 0 saturated carbocycles. The van der Waals surface area contributed by atoms with Gasteiger partial charge in [-0.25, -0.2) is 4.98 Å². The maximum atomic E-state index is 12.1. The summed E-state index contributed by atoms with van der Waals surface area (Å²) in [4.78, 5) is 18.9. The minimum absolute atomic E-state index is 0.150. The van der Waals surface area contributed by atoms with Crippen LogP contribution >= 0.6 is 0 Å². The molecule has 2 aromatic carbocycles. The van der Waals surface area contributed by atoms with E-state index in [1.807, 2.05) is 55.5 Å². The monoisotopic (exact) mass is 420 g/mol. The molecule has 0 amide bonds. The van der Waals surface area contributed by atoms with Gasteiger partial charge in [0.25, 0.3) is 0 Å². The summed E-state index contributed by atoms with van der Waals surface area (Å²) in [5.41, 5.74) is 2.83. The van der Waals surface area contributed by atoms with E-state index < -0.39 is 0 Å². The molecular weight excluding hydrogens is 392 g/mol. The van der Waals surface area contributed by atoms with Gasteiger partial charge in [0.2, 0.25) is 5.89 Å². The lowest BCUT2D eigenvalue weighted by atomic mass is 10.0. The van der Waals surface area contributed by atoms with Crippen LogP contribution in [0.5, 0.6) is 5.75 Å². The van der Waals surface area contributed by atoms with Crippen LogP contribution < -0.4 is 4.74 Å². The highest BCUT2D eigenvalue weighted by atomic mass is 16.5. The second-order valence-corrected chi connectivity index (χ2v) is 7.83. The summed E-state index contributed by atoms with van der Waals surface area (Å²) in [7, 11) is 1.46. The number of hydrogen-bond acceptors (Lipinski definition) is 6. The van der Waals surface area contributed by atoms with Gasteiger partial charge in [0.05, 0.1) is 7.11 Å². The first-order valence-electron chi connectivity index (χ1n) is 10.7. The van der Waals surface area contributed by atoms with Gasteiger partial charge in [-0.1, -0.05) is 36.8 Å². The number of nitrogens with zero attached hydrogens (tertiary/aromatic N) is 2. The summed E-state index contributed by atoms with van der Waals surface area (Å²) in [6.45, 7) is 3.82. The first kappa shape index (κ1) is 21.1. The number of aromatic nitrogens is 1. The molecule has 0 aliphatic carbocycles. The van der Waals surface area contributed by atoms with Gasteiger partial charge in [0, 0.05) is 12.1 Å². The van der Waals surface area contributed by atoms with Crippen LogP contribution in [-0.2, 0) is 22.7 Å². The van der Waals surface area contributed by atoms with Crippen LogP contribution in [0.4, 0.5) is 0 Å². The molecule has 162 valence electrons. The van der Waals surface area contributed by atoms with Crippen molar-refractivity contribution in [3.63, 3.8) is 0 Å². The Morgan fingerprint density at radius 3 is 2.81 bits per heavy atom. The van der Waals surface area contributed by atoms with Crippen LogP contribution in [0.15, 0.2) is 59.0 Å². The molecule has 6 heteroatoms. The molecule has 0 radical (unpaired) electrons. The number of rotatable bonds is 7. The molecule has 6 nitrogen and oxygen atoms in total. The lowest BCUT2D eigenvalue weighted by Crippen LogP contribution is -2.44. The van der Waals surface area contributed by atoms with Gasteiger partial charge in [-0.15, -0.1) is 0 Å². The van der Waals surface area contributed by atoms with Crippen molar-refractivity contribution in [1.82, 2.24) is 9.88 Å². The average Bonchev–Trinajstić information content (AvgIpc) is 3.19. The van der Waals surface area contributed by atoms with Crippen LogP contribution in [0.1, 0.15) is 36.3 Å². The zero-order chi connectivity index (χ0) is 21.6. The Labute approximate surface area is 182 Å². The van der Waals surface area contributed by atoms with Crippen molar-refractivity contribution in [3.05, 3.63) is 71.6 Å². The van der Waals surface area contributed by atoms with Gasteiger partial charge in [-0.3, -0.25) is 9.69 Å². The number of aryl methyl sites for hydroxylation is 1. The van der Waals surface area contributed by atoms with E-state index in [1.165, 1.54) is 7.11 Å². The number of likely N-dealkylation sites (tertiary alicyclic amines) is 1. The van der Waals surface area contributed by atoms with Crippen molar-refractivity contribution in [2.75, 3.05) is 13.7 Å². The van der Waals surface area contributed by atoms with E-state index in [9.17, 15) is 4.79 Å². The van der Waals surface area contributed by atoms with E-state index in [1.54, 1.807) is 0 Å². The largest absolute Gasteiger partial charge is 0.487 e. The minimum Gasteiger partial charge on any atom is -0.487 e. The fourth-order valence-corrected chi connectivity index (χ4v) is 3.97. The zero-order valence-corrected chi connectivity index (χ0v) is 18.0. The molecule has 0 N–H and O–H groups in total. The van der Waals surface area contributed by atoms with E-state index in [0.29, 0.717) is 19.0 Å². The third-order valence-corrected chi connectivity index (χ3v) is 5.66. The van der Waals surface area contributed by atoms with E-state index >= 15 is 0 Å². The maximum absolute atomic E-state index is 12.1. The van der Waals surface area contributed by atoms with Gasteiger partial charge in [-0.2, -0.15) is 0 Å². The summed E-state index contributed by atoms with van der Waals surface area (Å²) in [6, 6.07) is 17.7. The molecule has 4 rings (SSSR count). The number of methoxy groups -OCH3 is 1. The number of esters is 1. The lowest BCUT2D eigenvalue weighted by Gasteiger charge is -2.33. The Morgan fingerprint density at radius 1 is 1.16 bits per heavy atom. The zero-order valence-electron chi connectivity index (χ0n) is 18.0. The Bertz CT molecular complexity index is 1020. The number of benzene rings is 2. The molecule has 1 unspecified atom stereocenters. The van der Waals surface area contributed by atoms with Crippen molar-refractivity contribution in [2.24, 2.45) is 0 Å². The maximum Gasteiger partial charge on any atom is 0.323 e. The molecule has 31 heavy (non-hydrogen) atoms. The van der Waals surface area contributed by atoms with Crippen molar-refractivity contribution >= 4 is 5.97 Å². The second kappa shape index (κ2) is 9.79. The normalized spacial score (nSPS) is 16.8. The number of carbonyl (C=O) groups excluding carboxylic acids is 1. The summed E-state index contributed by atoms with van der Waals surface area (Å²) < 4.78 is 16.8. The smallest absolute Gasteiger partial charge is 0.323 e. The molecule has 1 atom stereocenters. The molecule has 1 fully saturated rings. The molecule has 2 heterocycles. The van der Waals surface area contributed by atoms with Crippen LogP contribution in [0.25, 0.3) is 11.5 Å². The van der Waals surface area contributed by atoms with Crippen LogP contribution in [0.3, 0.4) is 0 Å². The van der Waals surface area contributed by atoms with Crippen molar-refractivity contribution < 1.29 is 18.7 Å². The van der Waals surface area contributed by atoms with E-state index in [4.69, 9.17) is 13.9 Å². The lowest BCUT2D eigenvalue weighted by molar-refractivity contribution is -0.148. The van der Waals surface area contributed by atoms with Crippen molar-refractivity contribution in [2.45, 2.75) is 45.4 Å². The minimum atomic E-state index is -0.169. The summed E-state index contributed by atoms with van der Waals surface area (Å²) in [5, 5.41) is 0. The predicted molar refractivity (Wildman–Crippen MR) is 118 cm³/mol. The quantitative estimate of drug-likeness (QED) is 0.514. The number of piperidine rings is 1. The van der Waals surface area contributed by atoms with E-state index in [-0.39, 0.29) is 12.0 Å². The van der Waals surface area contributed by atoms with Crippen LogP contribution in [0, 0.1) is 6.92 Å². The highest BCUT2D eigenvalue weighted by Crippen LogP contribution is 2.25. The van der Waals surface area contributed by atoms with Gasteiger partial charge in [0.1, 0.15) is 29.9 Å². The number of oxazole rings is 1. The molecule has 0 spiro atoms. The Hall–Kier alpha value is -3.12. The molecule has 1 aromatic heterocycles. The molecule has 1 aliphatic rings. The first-order chi connectivity index (χ1) is 15.1. The molecule has 0 bridgehead atoms. The van der Waals surface area contributed by atoms with Gasteiger partial charge < -0.3 is 13.9 Å². The number of carbonyl (C=O) groups is 1. The Morgan fingerprint density at radius 2 is 2.00 bits per heavy atom. The third-order valence-electron chi connectivity index (χ3n) is 5.66. The molecule has 1 saturated heterocycles. The summed E-state index contributed by atoms with van der Waals surface area (Å²) >= 11 is 0. The SMILES string of the molecule is COC(=O)C1CCCCN1Cc1cccc(OCc2nc(-c3ccccc3)oc2C)c1. The third kappa shape index (κ3) is 5.14. The second-order valence-electron chi connectivity index (χ2n) is 7.83. The highest BCUT2D eigenvalue weighted by molar-refractivity contribution is 5.75. The standard InChI is InChI=1S/C25H28N2O4/c1-18-22(26-24(31-18)20-10-4-3-5-11-20)17-30-21-12-8-9-19(15-21)16-27-14-7-6-13-23(27)25(28)29-2/h3-5,8-12,15,23H,6-7,13-14,16-17H2,1-2H3. The van der Waals surface area contributed by atoms with E-state index in [0.717, 1.165) is 54.1 Å². The summed E-state index contributed by atoms with van der Waals surface area (Å²) in [6.07, 6.45) is 3.00. The van der Waals surface area contributed by atoms with Crippen molar-refractivity contribution in [1.29, 1.82) is 0 Å². The van der Waals surface area contributed by atoms with Crippen molar-refractivity contribution in [3.8, 4) is 17.2 Å². The van der Waals surface area contributed by atoms with Gasteiger partial charge in [0.15, 0.2) is 0 Å². The molecule has 3 aromatic rings. The highest BCUT2D eigenvalue weighted by Gasteiger charge is 2.29. The van der Waals surface area contributed by atoms with Crippen LogP contribution in [0.2, 0.25) is 0 Å². The summed E-state index contributed by atoms with van der Waals surface area (Å²) in [5.74, 6) is 1.98. The Balaban J connectivity index is 1.41. The fourth-order valence-electron chi connectivity index (χ4n) is 3.97. The number of ether oxygens (including phenoxy) is 2. The van der Waals surface area contributed by atoms with E-state index in [2.05, 4.69) is 16.0 Å². The predicted octanol–water partition coefficient (Wildman–Crippen LogP) is 4.76. The average molecular weight is 421 g/mol. The fraction of sp³-hybridized carbons (Fsp3) is 0.360.